The highest BCUT2D eigenvalue weighted by Gasteiger charge is 2.29. The molecule has 25 heavy (non-hydrogen) atoms. The van der Waals surface area contributed by atoms with Crippen LogP contribution in [0, 0.1) is 5.82 Å². The first-order valence-corrected chi connectivity index (χ1v) is 8.15. The summed E-state index contributed by atoms with van der Waals surface area (Å²) in [5.74, 6) is -2.44. The van der Waals surface area contributed by atoms with E-state index >= 15 is 0 Å². The molecule has 2 saturated heterocycles. The second-order valence-corrected chi connectivity index (χ2v) is 6.17. The van der Waals surface area contributed by atoms with Crippen LogP contribution in [0.5, 0.6) is 0 Å². The Morgan fingerprint density at radius 3 is 2.76 bits per heavy atom. The molecule has 2 fully saturated rings. The number of rotatable bonds is 4. The first-order valence-electron chi connectivity index (χ1n) is 8.15. The molecule has 1 unspecified atom stereocenters. The van der Waals surface area contributed by atoms with Crippen LogP contribution >= 0.6 is 0 Å². The predicted molar refractivity (Wildman–Crippen MR) is 84.7 cm³/mol. The summed E-state index contributed by atoms with van der Waals surface area (Å²) in [5, 5.41) is 4.59. The van der Waals surface area contributed by atoms with Crippen LogP contribution in [0.4, 0.5) is 4.39 Å². The highest BCUT2D eigenvalue weighted by atomic mass is 19.1. The molecule has 0 aromatic heterocycles. The molecule has 0 aliphatic carbocycles. The van der Waals surface area contributed by atoms with Gasteiger partial charge in [-0.25, -0.2) is 4.39 Å². The lowest BCUT2D eigenvalue weighted by molar-refractivity contribution is -0.134. The van der Waals surface area contributed by atoms with Gasteiger partial charge in [-0.05, 0) is 18.9 Å². The monoisotopic (exact) mass is 347 g/mol. The lowest BCUT2D eigenvalue weighted by Crippen LogP contribution is -2.52. The minimum absolute atomic E-state index is 0.0298. The van der Waals surface area contributed by atoms with Crippen molar-refractivity contribution in [2.75, 3.05) is 6.54 Å². The molecule has 0 spiro atoms. The normalized spacial score (nSPS) is 20.6. The number of carbonyl (C=O) groups is 4. The first kappa shape index (κ1) is 17.1. The standard InChI is InChI=1S/C17H18FN3O4/c18-15-10(9-21-8-2-5-14(21)23)3-1-4-11(15)16(24)19-12-6-7-13(22)20-17(12)25/h1,3-4,12H,2,5-9H2,(H,19,24)(H,20,22,25). The lowest BCUT2D eigenvalue weighted by atomic mass is 10.0. The van der Waals surface area contributed by atoms with Crippen LogP contribution in [-0.4, -0.2) is 41.1 Å². The highest BCUT2D eigenvalue weighted by Crippen LogP contribution is 2.19. The molecule has 8 heteroatoms. The van der Waals surface area contributed by atoms with Crippen molar-refractivity contribution in [1.82, 2.24) is 15.5 Å². The van der Waals surface area contributed by atoms with E-state index in [4.69, 9.17) is 0 Å². The van der Waals surface area contributed by atoms with Gasteiger partial charge in [-0.1, -0.05) is 12.1 Å². The summed E-state index contributed by atoms with van der Waals surface area (Å²) in [6.07, 6.45) is 1.50. The fourth-order valence-electron chi connectivity index (χ4n) is 3.02. The SMILES string of the molecule is O=C1CCC(NC(=O)c2cccc(CN3CCCC3=O)c2F)C(=O)N1. The van der Waals surface area contributed by atoms with Crippen LogP contribution in [0.15, 0.2) is 18.2 Å². The van der Waals surface area contributed by atoms with Crippen molar-refractivity contribution in [1.29, 1.82) is 0 Å². The molecular weight excluding hydrogens is 329 g/mol. The zero-order chi connectivity index (χ0) is 18.0. The van der Waals surface area contributed by atoms with E-state index in [2.05, 4.69) is 10.6 Å². The molecular formula is C17H18FN3O4. The van der Waals surface area contributed by atoms with E-state index in [1.165, 1.54) is 12.1 Å². The van der Waals surface area contributed by atoms with Crippen molar-refractivity contribution >= 4 is 23.6 Å². The van der Waals surface area contributed by atoms with Gasteiger partial charge in [0, 0.05) is 31.5 Å². The van der Waals surface area contributed by atoms with Gasteiger partial charge in [0.25, 0.3) is 5.91 Å². The number of likely N-dealkylation sites (tertiary alicyclic amines) is 1. The van der Waals surface area contributed by atoms with Crippen molar-refractivity contribution in [2.24, 2.45) is 0 Å². The summed E-state index contributed by atoms with van der Waals surface area (Å²) in [7, 11) is 0. The Morgan fingerprint density at radius 2 is 2.08 bits per heavy atom. The van der Waals surface area contributed by atoms with E-state index in [9.17, 15) is 23.6 Å². The Kier molecular flexibility index (Phi) is 4.78. The van der Waals surface area contributed by atoms with Crippen molar-refractivity contribution < 1.29 is 23.6 Å². The number of nitrogens with one attached hydrogen (secondary N) is 2. The molecule has 2 N–H and O–H groups in total. The summed E-state index contributed by atoms with van der Waals surface area (Å²) < 4.78 is 14.7. The molecule has 2 heterocycles. The lowest BCUT2D eigenvalue weighted by Gasteiger charge is -2.22. The molecule has 0 saturated carbocycles. The quantitative estimate of drug-likeness (QED) is 0.775. The van der Waals surface area contributed by atoms with Crippen molar-refractivity contribution in [3.05, 3.63) is 35.1 Å². The minimum atomic E-state index is -0.867. The fourth-order valence-corrected chi connectivity index (χ4v) is 3.02. The molecule has 2 aliphatic heterocycles. The van der Waals surface area contributed by atoms with Crippen LogP contribution in [0.1, 0.15) is 41.6 Å². The van der Waals surface area contributed by atoms with Crippen molar-refractivity contribution in [3.63, 3.8) is 0 Å². The summed E-state index contributed by atoms with van der Waals surface area (Å²) in [6.45, 7) is 0.690. The molecule has 7 nitrogen and oxygen atoms in total. The van der Waals surface area contributed by atoms with Crippen LogP contribution < -0.4 is 10.6 Å². The van der Waals surface area contributed by atoms with E-state index in [0.717, 1.165) is 6.42 Å². The van der Waals surface area contributed by atoms with Crippen LogP contribution in [0.3, 0.4) is 0 Å². The molecule has 4 amide bonds. The topological polar surface area (TPSA) is 95.6 Å². The number of hydrogen-bond donors (Lipinski definition) is 2. The minimum Gasteiger partial charge on any atom is -0.340 e. The second-order valence-electron chi connectivity index (χ2n) is 6.17. The predicted octanol–water partition coefficient (Wildman–Crippen LogP) is 0.483. The fraction of sp³-hybridized carbons (Fsp3) is 0.412. The average molecular weight is 347 g/mol. The Morgan fingerprint density at radius 1 is 1.28 bits per heavy atom. The molecule has 1 aromatic rings. The smallest absolute Gasteiger partial charge is 0.254 e. The molecule has 3 rings (SSSR count). The van der Waals surface area contributed by atoms with Crippen molar-refractivity contribution in [3.8, 4) is 0 Å². The summed E-state index contributed by atoms with van der Waals surface area (Å²) in [5.41, 5.74) is 0.0695. The number of carbonyl (C=O) groups excluding carboxylic acids is 4. The summed E-state index contributed by atoms with van der Waals surface area (Å²) in [6, 6.07) is 3.53. The van der Waals surface area contributed by atoms with Crippen LogP contribution in [0.2, 0.25) is 0 Å². The van der Waals surface area contributed by atoms with Crippen LogP contribution in [0.25, 0.3) is 0 Å². The third-order valence-electron chi connectivity index (χ3n) is 4.40. The Balaban J connectivity index is 1.72. The second kappa shape index (κ2) is 7.00. The van der Waals surface area contributed by atoms with Gasteiger partial charge < -0.3 is 10.2 Å². The molecule has 2 aliphatic rings. The number of amides is 4. The Labute approximate surface area is 143 Å². The maximum atomic E-state index is 14.7. The molecule has 0 radical (unpaired) electrons. The van der Waals surface area contributed by atoms with Gasteiger partial charge in [0.05, 0.1) is 5.56 Å². The number of imide groups is 1. The average Bonchev–Trinajstić information content (AvgIpc) is 2.97. The summed E-state index contributed by atoms with van der Waals surface area (Å²) in [4.78, 5) is 48.4. The number of halogens is 1. The molecule has 0 bridgehead atoms. The molecule has 1 atom stereocenters. The van der Waals surface area contributed by atoms with E-state index in [1.807, 2.05) is 0 Å². The number of hydrogen-bond acceptors (Lipinski definition) is 4. The summed E-state index contributed by atoms with van der Waals surface area (Å²) >= 11 is 0. The first-order chi connectivity index (χ1) is 12.0. The Bertz CT molecular complexity index is 749. The maximum Gasteiger partial charge on any atom is 0.254 e. The Hall–Kier alpha value is -2.77. The third kappa shape index (κ3) is 3.67. The maximum absolute atomic E-state index is 14.7. The van der Waals surface area contributed by atoms with Crippen molar-refractivity contribution in [2.45, 2.75) is 38.3 Å². The van der Waals surface area contributed by atoms with Crippen LogP contribution in [-0.2, 0) is 20.9 Å². The van der Waals surface area contributed by atoms with Gasteiger partial charge in [0.1, 0.15) is 11.9 Å². The highest BCUT2D eigenvalue weighted by molar-refractivity contribution is 6.03. The van der Waals surface area contributed by atoms with E-state index in [-0.39, 0.29) is 42.3 Å². The van der Waals surface area contributed by atoms with Gasteiger partial charge >= 0.3 is 0 Å². The van der Waals surface area contributed by atoms with Gasteiger partial charge in [0.15, 0.2) is 0 Å². The third-order valence-corrected chi connectivity index (χ3v) is 4.40. The van der Waals surface area contributed by atoms with E-state index < -0.39 is 23.7 Å². The van der Waals surface area contributed by atoms with Gasteiger partial charge in [-0.2, -0.15) is 0 Å². The van der Waals surface area contributed by atoms with Gasteiger partial charge in [0.2, 0.25) is 17.7 Å². The molecule has 1 aromatic carbocycles. The largest absolute Gasteiger partial charge is 0.340 e. The van der Waals surface area contributed by atoms with E-state index in [1.54, 1.807) is 11.0 Å². The number of piperidine rings is 1. The molecule has 132 valence electrons. The number of nitrogens with zero attached hydrogens (tertiary/aromatic N) is 1. The zero-order valence-electron chi connectivity index (χ0n) is 13.5. The van der Waals surface area contributed by atoms with Gasteiger partial charge in [-0.3, -0.25) is 24.5 Å². The van der Waals surface area contributed by atoms with Gasteiger partial charge in [-0.15, -0.1) is 0 Å². The number of benzene rings is 1. The zero-order valence-corrected chi connectivity index (χ0v) is 13.5. The van der Waals surface area contributed by atoms with E-state index in [0.29, 0.717) is 13.0 Å².